The number of fused-ring (bicyclic) bond motifs is 1. The molecule has 7 heteroatoms. The number of nitrogens with zero attached hydrogens (tertiary/aromatic N) is 1. The maximum absolute atomic E-state index is 12.6. The number of nitrogens with one attached hydrogen (secondary N) is 3. The zero-order valence-corrected chi connectivity index (χ0v) is 15.4. The number of sulfonamides is 1. The first kappa shape index (κ1) is 16.7. The fourth-order valence-corrected chi connectivity index (χ4v) is 4.48. The molecule has 0 fully saturated rings. The van der Waals surface area contributed by atoms with Crippen molar-refractivity contribution in [1.82, 2.24) is 19.9 Å². The van der Waals surface area contributed by atoms with Crippen LogP contribution < -0.4 is 4.72 Å². The minimum Gasteiger partial charge on any atom is -0.358 e. The van der Waals surface area contributed by atoms with Crippen molar-refractivity contribution in [2.45, 2.75) is 46.1 Å². The molecule has 0 aliphatic carbocycles. The van der Waals surface area contributed by atoms with E-state index in [2.05, 4.69) is 32.9 Å². The molecule has 6 nitrogen and oxygen atoms in total. The molecule has 1 aromatic carbocycles. The summed E-state index contributed by atoms with van der Waals surface area (Å²) in [7, 11) is -3.62. The Labute approximate surface area is 141 Å². The Bertz CT molecular complexity index is 1010. The second-order valence-electron chi connectivity index (χ2n) is 6.31. The Morgan fingerprint density at radius 1 is 1.08 bits per heavy atom. The number of aryl methyl sites for hydroxylation is 5. The van der Waals surface area contributed by atoms with E-state index in [9.17, 15) is 8.42 Å². The topological polar surface area (TPSA) is 90.6 Å². The summed E-state index contributed by atoms with van der Waals surface area (Å²) in [5, 5.41) is 7.82. The van der Waals surface area contributed by atoms with E-state index in [1.807, 2.05) is 19.9 Å². The van der Waals surface area contributed by atoms with Gasteiger partial charge in [0.05, 0.1) is 16.9 Å². The van der Waals surface area contributed by atoms with Gasteiger partial charge < -0.3 is 4.98 Å². The maximum Gasteiger partial charge on any atom is 0.244 e. The summed E-state index contributed by atoms with van der Waals surface area (Å²) in [5.41, 5.74) is 6.33. The Balaban J connectivity index is 1.98. The molecule has 3 N–H and O–H groups in total. The van der Waals surface area contributed by atoms with Gasteiger partial charge in [0, 0.05) is 17.6 Å². The highest BCUT2D eigenvalue weighted by molar-refractivity contribution is 7.89. The summed E-state index contributed by atoms with van der Waals surface area (Å²) in [4.78, 5) is 3.59. The quantitative estimate of drug-likeness (QED) is 0.678. The smallest absolute Gasteiger partial charge is 0.244 e. The molecule has 0 aliphatic heterocycles. The minimum absolute atomic E-state index is 0.226. The second kappa shape index (κ2) is 5.75. The van der Waals surface area contributed by atoms with Crippen LogP contribution in [0.4, 0.5) is 0 Å². The summed E-state index contributed by atoms with van der Waals surface area (Å²) in [6.07, 6.45) is 0. The third-order valence-electron chi connectivity index (χ3n) is 4.43. The molecule has 3 rings (SSSR count). The lowest BCUT2D eigenvalue weighted by Crippen LogP contribution is -2.24. The van der Waals surface area contributed by atoms with Gasteiger partial charge in [-0.3, -0.25) is 5.10 Å². The van der Waals surface area contributed by atoms with Crippen molar-refractivity contribution in [2.24, 2.45) is 0 Å². The van der Waals surface area contributed by atoms with Crippen LogP contribution in [0.3, 0.4) is 0 Å². The van der Waals surface area contributed by atoms with Crippen LogP contribution in [0.15, 0.2) is 17.0 Å². The second-order valence-corrected chi connectivity index (χ2v) is 8.01. The summed E-state index contributed by atoms with van der Waals surface area (Å²) >= 11 is 0. The van der Waals surface area contributed by atoms with Crippen molar-refractivity contribution in [3.05, 3.63) is 45.9 Å². The highest BCUT2D eigenvalue weighted by atomic mass is 32.2. The van der Waals surface area contributed by atoms with Crippen LogP contribution in [0.2, 0.25) is 0 Å². The minimum atomic E-state index is -3.62. The molecule has 3 aromatic rings. The van der Waals surface area contributed by atoms with Gasteiger partial charge in [0.1, 0.15) is 4.90 Å². The molecule has 2 aromatic heterocycles. The molecule has 2 heterocycles. The molecular formula is C17H22N4O2S. The van der Waals surface area contributed by atoms with Crippen molar-refractivity contribution < 1.29 is 8.42 Å². The highest BCUT2D eigenvalue weighted by Crippen LogP contribution is 2.26. The first-order valence-corrected chi connectivity index (χ1v) is 9.28. The van der Waals surface area contributed by atoms with Gasteiger partial charge in [0.25, 0.3) is 0 Å². The molecule has 0 saturated heterocycles. The fraction of sp³-hybridized carbons (Fsp3) is 0.353. The van der Waals surface area contributed by atoms with Gasteiger partial charge in [0.2, 0.25) is 10.0 Å². The van der Waals surface area contributed by atoms with E-state index in [0.29, 0.717) is 11.4 Å². The zero-order chi connectivity index (χ0) is 17.6. The van der Waals surface area contributed by atoms with Crippen molar-refractivity contribution in [1.29, 1.82) is 0 Å². The molecular weight excluding hydrogens is 324 g/mol. The molecule has 0 spiro atoms. The summed E-state index contributed by atoms with van der Waals surface area (Å²) in [5.74, 6) is 0. The maximum atomic E-state index is 12.6. The first-order valence-electron chi connectivity index (χ1n) is 7.80. The van der Waals surface area contributed by atoms with Crippen molar-refractivity contribution in [3.63, 3.8) is 0 Å². The zero-order valence-electron chi connectivity index (χ0n) is 14.5. The highest BCUT2D eigenvalue weighted by Gasteiger charge is 2.22. The van der Waals surface area contributed by atoms with E-state index in [0.717, 1.165) is 27.7 Å². The van der Waals surface area contributed by atoms with Gasteiger partial charge in [0.15, 0.2) is 0 Å². The number of aromatic amines is 2. The SMILES string of the molecule is Cc1cc(CNS(=O)(=O)c2c(C)n[nH]c2C)c2[nH]c(C)c(C)c2c1. The van der Waals surface area contributed by atoms with Crippen LogP contribution in [-0.4, -0.2) is 23.6 Å². The third-order valence-corrected chi connectivity index (χ3v) is 6.09. The molecule has 128 valence electrons. The molecule has 0 saturated carbocycles. The fourth-order valence-electron chi connectivity index (χ4n) is 3.11. The number of rotatable bonds is 4. The van der Waals surface area contributed by atoms with Crippen LogP contribution in [-0.2, 0) is 16.6 Å². The molecule has 24 heavy (non-hydrogen) atoms. The van der Waals surface area contributed by atoms with Crippen LogP contribution in [0.5, 0.6) is 0 Å². The van der Waals surface area contributed by atoms with Crippen LogP contribution >= 0.6 is 0 Å². The van der Waals surface area contributed by atoms with Gasteiger partial charge in [-0.1, -0.05) is 11.6 Å². The molecule has 0 unspecified atom stereocenters. The van der Waals surface area contributed by atoms with Gasteiger partial charge in [-0.2, -0.15) is 5.10 Å². The number of hydrogen-bond donors (Lipinski definition) is 3. The molecule has 0 amide bonds. The summed E-state index contributed by atoms with van der Waals surface area (Å²) in [6, 6.07) is 4.13. The first-order chi connectivity index (χ1) is 11.2. The van der Waals surface area contributed by atoms with E-state index >= 15 is 0 Å². The van der Waals surface area contributed by atoms with Gasteiger partial charge in [-0.05, 0) is 51.8 Å². The van der Waals surface area contributed by atoms with Crippen molar-refractivity contribution >= 4 is 20.9 Å². The number of benzene rings is 1. The van der Waals surface area contributed by atoms with Crippen LogP contribution in [0, 0.1) is 34.6 Å². The standard InChI is InChI=1S/C17H22N4O2S/c1-9-6-14(16-15(7-9)10(2)11(3)19-16)8-18-24(22,23)17-12(4)20-21-13(17)5/h6-7,18-19H,8H2,1-5H3,(H,20,21). The van der Waals surface area contributed by atoms with Gasteiger partial charge >= 0.3 is 0 Å². The van der Waals surface area contributed by atoms with E-state index in [4.69, 9.17) is 0 Å². The predicted molar refractivity (Wildman–Crippen MR) is 94.6 cm³/mol. The molecule has 0 radical (unpaired) electrons. The Morgan fingerprint density at radius 2 is 1.79 bits per heavy atom. The lowest BCUT2D eigenvalue weighted by molar-refractivity contribution is 0.580. The predicted octanol–water partition coefficient (Wildman–Crippen LogP) is 2.91. The molecule has 0 aliphatic rings. The Kier molecular flexibility index (Phi) is 4.01. The lowest BCUT2D eigenvalue weighted by Gasteiger charge is -2.09. The van der Waals surface area contributed by atoms with E-state index in [1.165, 1.54) is 5.56 Å². The average Bonchev–Trinajstić information content (AvgIpc) is 2.98. The van der Waals surface area contributed by atoms with Crippen molar-refractivity contribution in [2.75, 3.05) is 0 Å². The van der Waals surface area contributed by atoms with Crippen LogP contribution in [0.1, 0.15) is 33.8 Å². The Morgan fingerprint density at radius 3 is 2.42 bits per heavy atom. The van der Waals surface area contributed by atoms with Crippen LogP contribution in [0.25, 0.3) is 10.9 Å². The monoisotopic (exact) mass is 346 g/mol. The average molecular weight is 346 g/mol. The Hall–Kier alpha value is -2.12. The van der Waals surface area contributed by atoms with Gasteiger partial charge in [-0.15, -0.1) is 0 Å². The summed E-state index contributed by atoms with van der Waals surface area (Å²) in [6.45, 7) is 9.72. The molecule has 0 atom stereocenters. The molecule has 0 bridgehead atoms. The third kappa shape index (κ3) is 2.74. The summed E-state index contributed by atoms with van der Waals surface area (Å²) < 4.78 is 27.9. The number of H-pyrrole nitrogens is 2. The van der Waals surface area contributed by atoms with E-state index < -0.39 is 10.0 Å². The van der Waals surface area contributed by atoms with E-state index in [1.54, 1.807) is 13.8 Å². The number of aromatic nitrogens is 3. The lowest BCUT2D eigenvalue weighted by atomic mass is 10.1. The van der Waals surface area contributed by atoms with Gasteiger partial charge in [-0.25, -0.2) is 13.1 Å². The van der Waals surface area contributed by atoms with E-state index in [-0.39, 0.29) is 11.4 Å². The van der Waals surface area contributed by atoms with Crippen molar-refractivity contribution in [3.8, 4) is 0 Å². The largest absolute Gasteiger partial charge is 0.358 e. The normalized spacial score (nSPS) is 12.2. The number of hydrogen-bond acceptors (Lipinski definition) is 3.